The van der Waals surface area contributed by atoms with E-state index in [2.05, 4.69) is 10.2 Å². The van der Waals surface area contributed by atoms with Gasteiger partial charge in [-0.25, -0.2) is 0 Å². The molecule has 114 valence electrons. The number of nitrogens with one attached hydrogen (secondary N) is 1. The van der Waals surface area contributed by atoms with Crippen LogP contribution in [0.15, 0.2) is 24.3 Å². The van der Waals surface area contributed by atoms with Crippen LogP contribution >= 0.6 is 12.2 Å². The van der Waals surface area contributed by atoms with Gasteiger partial charge in [0, 0.05) is 19.6 Å². The number of carbonyl (C=O) groups excluding carboxylic acids is 1. The van der Waals surface area contributed by atoms with Crippen LogP contribution in [0.2, 0.25) is 0 Å². The van der Waals surface area contributed by atoms with Gasteiger partial charge in [-0.05, 0) is 26.0 Å². The fourth-order valence-electron chi connectivity index (χ4n) is 2.40. The van der Waals surface area contributed by atoms with Crippen LogP contribution in [0.1, 0.15) is 19.4 Å². The molecule has 1 saturated heterocycles. The van der Waals surface area contributed by atoms with E-state index in [1.54, 1.807) is 0 Å². The molecule has 6 heteroatoms. The number of amides is 1. The van der Waals surface area contributed by atoms with Crippen molar-refractivity contribution in [3.8, 4) is 5.75 Å². The van der Waals surface area contributed by atoms with Crippen molar-refractivity contribution in [3.05, 3.63) is 29.8 Å². The minimum atomic E-state index is -0.510. The zero-order chi connectivity index (χ0) is 15.5. The maximum atomic E-state index is 11.9. The minimum absolute atomic E-state index is 0.0530. The summed E-state index contributed by atoms with van der Waals surface area (Å²) in [5.74, 6) is 0.738. The highest BCUT2D eigenvalue weighted by molar-refractivity contribution is 7.80. The molecule has 0 radical (unpaired) electrons. The standard InChI is InChI=1S/C15H21N3O2S/c1-15(2)14(19)17-7-8-18(15)9-10-20-12-6-4-3-5-11(12)13(16)21/h3-6H,7-10H2,1-2H3,(H2,16,21)(H,17,19). The van der Waals surface area contributed by atoms with Crippen molar-refractivity contribution < 1.29 is 9.53 Å². The molecular weight excluding hydrogens is 286 g/mol. The van der Waals surface area contributed by atoms with Gasteiger partial charge in [0.2, 0.25) is 5.91 Å². The predicted octanol–water partition coefficient (Wildman–Crippen LogP) is 0.910. The summed E-state index contributed by atoms with van der Waals surface area (Å²) >= 11 is 5.01. The maximum Gasteiger partial charge on any atom is 0.240 e. The number of hydrogen-bond donors (Lipinski definition) is 2. The molecule has 0 atom stereocenters. The lowest BCUT2D eigenvalue weighted by atomic mass is 9.99. The summed E-state index contributed by atoms with van der Waals surface area (Å²) in [6.45, 7) is 6.49. The van der Waals surface area contributed by atoms with Gasteiger partial charge in [-0.15, -0.1) is 0 Å². The van der Waals surface area contributed by atoms with Gasteiger partial charge < -0.3 is 15.8 Å². The van der Waals surface area contributed by atoms with Crippen molar-refractivity contribution in [3.63, 3.8) is 0 Å². The van der Waals surface area contributed by atoms with Crippen molar-refractivity contribution in [2.45, 2.75) is 19.4 Å². The van der Waals surface area contributed by atoms with Crippen LogP contribution in [-0.2, 0) is 4.79 Å². The van der Waals surface area contributed by atoms with Gasteiger partial charge in [-0.2, -0.15) is 0 Å². The first kappa shape index (κ1) is 15.7. The van der Waals surface area contributed by atoms with Gasteiger partial charge >= 0.3 is 0 Å². The van der Waals surface area contributed by atoms with E-state index in [9.17, 15) is 4.79 Å². The molecule has 0 aliphatic carbocycles. The molecule has 0 aromatic heterocycles. The molecule has 1 aromatic carbocycles. The summed E-state index contributed by atoms with van der Waals surface area (Å²) in [5.41, 5.74) is 5.91. The third kappa shape index (κ3) is 3.51. The molecule has 0 bridgehead atoms. The molecule has 3 N–H and O–H groups in total. The van der Waals surface area contributed by atoms with Crippen molar-refractivity contribution in [2.75, 3.05) is 26.2 Å². The normalized spacial score (nSPS) is 18.1. The minimum Gasteiger partial charge on any atom is -0.492 e. The second kappa shape index (κ2) is 6.41. The summed E-state index contributed by atoms with van der Waals surface area (Å²) in [4.78, 5) is 14.3. The van der Waals surface area contributed by atoms with E-state index in [-0.39, 0.29) is 5.91 Å². The number of rotatable bonds is 5. The van der Waals surface area contributed by atoms with Crippen LogP contribution in [0, 0.1) is 0 Å². The number of nitrogens with two attached hydrogens (primary N) is 1. The van der Waals surface area contributed by atoms with Crippen molar-refractivity contribution in [2.24, 2.45) is 5.73 Å². The zero-order valence-corrected chi connectivity index (χ0v) is 13.2. The topological polar surface area (TPSA) is 67.6 Å². The van der Waals surface area contributed by atoms with E-state index in [0.717, 1.165) is 12.1 Å². The Morgan fingerprint density at radius 2 is 2.19 bits per heavy atom. The smallest absolute Gasteiger partial charge is 0.240 e. The lowest BCUT2D eigenvalue weighted by molar-refractivity contribution is -0.135. The van der Waals surface area contributed by atoms with Crippen LogP contribution in [0.25, 0.3) is 0 Å². The number of ether oxygens (including phenoxy) is 1. The molecule has 1 aliphatic heterocycles. The maximum absolute atomic E-state index is 11.9. The highest BCUT2D eigenvalue weighted by Crippen LogP contribution is 2.20. The van der Waals surface area contributed by atoms with E-state index in [4.69, 9.17) is 22.7 Å². The highest BCUT2D eigenvalue weighted by atomic mass is 32.1. The van der Waals surface area contributed by atoms with Crippen LogP contribution in [0.5, 0.6) is 5.75 Å². The molecular formula is C15H21N3O2S. The molecule has 1 aromatic rings. The number of carbonyl (C=O) groups is 1. The second-order valence-corrected chi connectivity index (χ2v) is 5.95. The predicted molar refractivity (Wildman–Crippen MR) is 86.5 cm³/mol. The number of thiocarbonyl (C=S) groups is 1. The van der Waals surface area contributed by atoms with Gasteiger partial charge in [0.15, 0.2) is 0 Å². The average molecular weight is 307 g/mol. The van der Waals surface area contributed by atoms with E-state index in [1.165, 1.54) is 0 Å². The first-order valence-electron chi connectivity index (χ1n) is 6.98. The van der Waals surface area contributed by atoms with Crippen molar-refractivity contribution in [1.82, 2.24) is 10.2 Å². The Balaban J connectivity index is 1.96. The van der Waals surface area contributed by atoms with E-state index < -0.39 is 5.54 Å². The molecule has 21 heavy (non-hydrogen) atoms. The summed E-state index contributed by atoms with van der Waals surface area (Å²) in [6.07, 6.45) is 0. The summed E-state index contributed by atoms with van der Waals surface area (Å²) in [6, 6.07) is 7.45. The zero-order valence-electron chi connectivity index (χ0n) is 12.4. The number of para-hydroxylation sites is 1. The Bertz CT molecular complexity index is 545. The molecule has 0 saturated carbocycles. The van der Waals surface area contributed by atoms with Gasteiger partial charge in [0.1, 0.15) is 17.3 Å². The number of nitrogens with zero attached hydrogens (tertiary/aromatic N) is 1. The first-order valence-corrected chi connectivity index (χ1v) is 7.38. The van der Waals surface area contributed by atoms with Crippen LogP contribution in [0.3, 0.4) is 0 Å². The van der Waals surface area contributed by atoms with Crippen molar-refractivity contribution >= 4 is 23.1 Å². The summed E-state index contributed by atoms with van der Waals surface area (Å²) in [7, 11) is 0. The number of piperazine rings is 1. The molecule has 2 rings (SSSR count). The van der Waals surface area contributed by atoms with Crippen LogP contribution in [-0.4, -0.2) is 47.6 Å². The quantitative estimate of drug-likeness (QED) is 0.792. The van der Waals surface area contributed by atoms with Crippen molar-refractivity contribution in [1.29, 1.82) is 0 Å². The van der Waals surface area contributed by atoms with Gasteiger partial charge in [0.25, 0.3) is 0 Å². The molecule has 1 fully saturated rings. The Labute approximate surface area is 130 Å². The van der Waals surface area contributed by atoms with E-state index in [1.807, 2.05) is 38.1 Å². The Morgan fingerprint density at radius 3 is 2.90 bits per heavy atom. The number of benzene rings is 1. The SMILES string of the molecule is CC1(C)C(=O)NCCN1CCOc1ccccc1C(N)=S. The molecule has 1 heterocycles. The molecule has 1 amide bonds. The molecule has 0 spiro atoms. The third-order valence-electron chi connectivity index (χ3n) is 3.78. The largest absolute Gasteiger partial charge is 0.492 e. The Kier molecular flexibility index (Phi) is 4.80. The first-order chi connectivity index (χ1) is 9.93. The Morgan fingerprint density at radius 1 is 1.48 bits per heavy atom. The van der Waals surface area contributed by atoms with E-state index in [0.29, 0.717) is 30.4 Å². The molecule has 0 unspecified atom stereocenters. The highest BCUT2D eigenvalue weighted by Gasteiger charge is 2.37. The second-order valence-electron chi connectivity index (χ2n) is 5.51. The summed E-state index contributed by atoms with van der Waals surface area (Å²) in [5, 5.41) is 2.88. The van der Waals surface area contributed by atoms with Gasteiger partial charge in [0.05, 0.1) is 11.1 Å². The van der Waals surface area contributed by atoms with Crippen LogP contribution < -0.4 is 15.8 Å². The fraction of sp³-hybridized carbons (Fsp3) is 0.467. The van der Waals surface area contributed by atoms with E-state index >= 15 is 0 Å². The average Bonchev–Trinajstić information content (AvgIpc) is 2.44. The lowest BCUT2D eigenvalue weighted by Crippen LogP contribution is -2.62. The Hall–Kier alpha value is -1.66. The monoisotopic (exact) mass is 307 g/mol. The number of hydrogen-bond acceptors (Lipinski definition) is 4. The lowest BCUT2D eigenvalue weighted by Gasteiger charge is -2.41. The molecule has 5 nitrogen and oxygen atoms in total. The van der Waals surface area contributed by atoms with Gasteiger partial charge in [-0.3, -0.25) is 9.69 Å². The van der Waals surface area contributed by atoms with Crippen LogP contribution in [0.4, 0.5) is 0 Å². The van der Waals surface area contributed by atoms with Gasteiger partial charge in [-0.1, -0.05) is 24.4 Å². The fourth-order valence-corrected chi connectivity index (χ4v) is 2.57. The molecule has 1 aliphatic rings. The third-order valence-corrected chi connectivity index (χ3v) is 4.00. The summed E-state index contributed by atoms with van der Waals surface area (Å²) < 4.78 is 5.79.